The van der Waals surface area contributed by atoms with Crippen LogP contribution in [0.2, 0.25) is 0 Å². The van der Waals surface area contributed by atoms with E-state index in [1.807, 2.05) is 0 Å². The highest BCUT2D eigenvalue weighted by atomic mass is 79.9. The lowest BCUT2D eigenvalue weighted by molar-refractivity contribution is -0.0550. The van der Waals surface area contributed by atoms with Crippen molar-refractivity contribution in [3.05, 3.63) is 37.6 Å². The minimum absolute atomic E-state index is 0.166. The van der Waals surface area contributed by atoms with Crippen LogP contribution in [0.3, 0.4) is 0 Å². The second kappa shape index (κ2) is 6.02. The van der Waals surface area contributed by atoms with Crippen molar-refractivity contribution in [1.29, 1.82) is 0 Å². The van der Waals surface area contributed by atoms with Gasteiger partial charge in [0.1, 0.15) is 18.3 Å². The molecule has 0 spiro atoms. The molecular formula is C11H13BrN2O6. The monoisotopic (exact) mass is 348 g/mol. The molecule has 0 aromatic carbocycles. The van der Waals surface area contributed by atoms with Crippen LogP contribution in [-0.4, -0.2) is 49.8 Å². The third-order valence-corrected chi connectivity index (χ3v) is 3.29. The number of aromatic amines is 1. The Balaban J connectivity index is 2.46. The number of halogens is 1. The number of aliphatic hydroxyl groups is 3. The van der Waals surface area contributed by atoms with Gasteiger partial charge in [-0.2, -0.15) is 0 Å². The Bertz CT molecular complexity index is 624. The van der Waals surface area contributed by atoms with Crippen LogP contribution in [0.5, 0.6) is 0 Å². The van der Waals surface area contributed by atoms with Crippen molar-refractivity contribution in [1.82, 2.24) is 9.55 Å². The number of hydrogen-bond acceptors (Lipinski definition) is 6. The predicted octanol–water partition coefficient (Wildman–Crippen LogP) is -1.49. The summed E-state index contributed by atoms with van der Waals surface area (Å²) in [5.41, 5.74) is -1.20. The molecule has 1 fully saturated rings. The largest absolute Gasteiger partial charge is 0.394 e. The van der Waals surface area contributed by atoms with E-state index in [9.17, 15) is 19.8 Å². The second-order valence-corrected chi connectivity index (χ2v) is 4.80. The topological polar surface area (TPSA) is 125 Å². The minimum atomic E-state index is -1.39. The lowest BCUT2D eigenvalue weighted by Gasteiger charge is -2.17. The van der Waals surface area contributed by atoms with E-state index >= 15 is 0 Å². The molecule has 8 nitrogen and oxygen atoms in total. The van der Waals surface area contributed by atoms with E-state index in [0.29, 0.717) is 0 Å². The van der Waals surface area contributed by atoms with Gasteiger partial charge in [-0.1, -0.05) is 15.9 Å². The summed E-state index contributed by atoms with van der Waals surface area (Å²) in [6, 6.07) is 0. The molecule has 0 bridgehead atoms. The summed E-state index contributed by atoms with van der Waals surface area (Å²) in [4.78, 5) is 26.8. The number of rotatable bonds is 3. The molecule has 4 atom stereocenters. The zero-order valence-corrected chi connectivity index (χ0v) is 11.7. The maximum absolute atomic E-state index is 11.8. The predicted molar refractivity (Wildman–Crippen MR) is 72.3 cm³/mol. The molecule has 1 aromatic rings. The highest BCUT2D eigenvalue weighted by molar-refractivity contribution is 9.11. The molecule has 20 heavy (non-hydrogen) atoms. The van der Waals surface area contributed by atoms with Crippen LogP contribution in [0.1, 0.15) is 11.8 Å². The zero-order valence-electron chi connectivity index (χ0n) is 10.1. The average Bonchev–Trinajstić information content (AvgIpc) is 2.70. The van der Waals surface area contributed by atoms with Crippen molar-refractivity contribution >= 4 is 22.0 Å². The molecule has 2 heterocycles. The molecule has 0 amide bonds. The highest BCUT2D eigenvalue weighted by Gasteiger charge is 2.43. The van der Waals surface area contributed by atoms with E-state index in [1.165, 1.54) is 17.3 Å². The number of ether oxygens (including phenoxy) is 1. The van der Waals surface area contributed by atoms with Gasteiger partial charge in [-0.15, -0.1) is 0 Å². The van der Waals surface area contributed by atoms with E-state index < -0.39 is 42.4 Å². The van der Waals surface area contributed by atoms with Crippen molar-refractivity contribution in [2.75, 3.05) is 6.61 Å². The standard InChI is InChI=1S/C11H13BrN2O6/c12-2-1-5-3-14(11(19)13-9(5)18)10-8(17)7(16)6(4-15)20-10/h1-3,6-8,10,15-17H,4H2,(H,13,18,19)/b2-1-/t6-,7-,8+,10-/m1/s1. The molecule has 0 aliphatic carbocycles. The van der Waals surface area contributed by atoms with Gasteiger partial charge in [0.05, 0.1) is 12.2 Å². The van der Waals surface area contributed by atoms with Crippen LogP contribution in [0.15, 0.2) is 20.8 Å². The average molecular weight is 349 g/mol. The van der Waals surface area contributed by atoms with E-state index in [2.05, 4.69) is 20.9 Å². The van der Waals surface area contributed by atoms with Gasteiger partial charge in [0.15, 0.2) is 6.23 Å². The highest BCUT2D eigenvalue weighted by Crippen LogP contribution is 2.27. The smallest absolute Gasteiger partial charge is 0.330 e. The fraction of sp³-hybridized carbons (Fsp3) is 0.455. The SMILES string of the molecule is O=c1[nH]c(=O)n([C@@H]2O[C@H](CO)[C@@H](O)[C@@H]2O)cc1/C=C\Br. The Kier molecular flexibility index (Phi) is 4.55. The van der Waals surface area contributed by atoms with E-state index in [4.69, 9.17) is 9.84 Å². The van der Waals surface area contributed by atoms with Crippen molar-refractivity contribution in [3.8, 4) is 0 Å². The molecule has 110 valence electrons. The van der Waals surface area contributed by atoms with Gasteiger partial charge < -0.3 is 20.1 Å². The summed E-state index contributed by atoms with van der Waals surface area (Å²) >= 11 is 3.01. The maximum Gasteiger partial charge on any atom is 0.330 e. The van der Waals surface area contributed by atoms with Crippen molar-refractivity contribution < 1.29 is 20.1 Å². The van der Waals surface area contributed by atoms with Crippen LogP contribution < -0.4 is 11.2 Å². The first kappa shape index (κ1) is 15.1. The number of hydrogen-bond donors (Lipinski definition) is 4. The van der Waals surface area contributed by atoms with Gasteiger partial charge in [-0.05, 0) is 11.1 Å². The van der Waals surface area contributed by atoms with Crippen molar-refractivity contribution in [3.63, 3.8) is 0 Å². The number of aliphatic hydroxyl groups excluding tert-OH is 3. The summed E-state index contributed by atoms with van der Waals surface area (Å²) in [7, 11) is 0. The van der Waals surface area contributed by atoms with Crippen LogP contribution in [0, 0.1) is 0 Å². The first-order valence-electron chi connectivity index (χ1n) is 5.74. The lowest BCUT2D eigenvalue weighted by atomic mass is 10.1. The molecule has 0 saturated carbocycles. The Labute approximate surface area is 121 Å². The van der Waals surface area contributed by atoms with Gasteiger partial charge in [0.25, 0.3) is 5.56 Å². The molecule has 1 saturated heterocycles. The summed E-state index contributed by atoms with van der Waals surface area (Å²) in [5.74, 6) is 0. The molecule has 1 aromatic heterocycles. The number of aromatic nitrogens is 2. The Morgan fingerprint density at radius 2 is 2.10 bits per heavy atom. The molecule has 0 radical (unpaired) electrons. The van der Waals surface area contributed by atoms with Crippen LogP contribution in [-0.2, 0) is 4.74 Å². The molecule has 1 aliphatic heterocycles. The first-order valence-corrected chi connectivity index (χ1v) is 6.66. The summed E-state index contributed by atoms with van der Waals surface area (Å²) in [6.07, 6.45) is -2.27. The fourth-order valence-corrected chi connectivity index (χ4v) is 2.27. The maximum atomic E-state index is 11.8. The van der Waals surface area contributed by atoms with Crippen molar-refractivity contribution in [2.45, 2.75) is 24.5 Å². The van der Waals surface area contributed by atoms with Gasteiger partial charge in [-0.25, -0.2) is 4.79 Å². The number of nitrogens with zero attached hydrogens (tertiary/aromatic N) is 1. The number of H-pyrrole nitrogens is 1. The van der Waals surface area contributed by atoms with E-state index in [1.54, 1.807) is 0 Å². The molecule has 1 aliphatic rings. The van der Waals surface area contributed by atoms with Gasteiger partial charge in [-0.3, -0.25) is 14.3 Å². The Hall–Kier alpha value is -1.26. The summed E-state index contributed by atoms with van der Waals surface area (Å²) in [5, 5.41) is 28.5. The Morgan fingerprint density at radius 1 is 1.40 bits per heavy atom. The lowest BCUT2D eigenvalue weighted by Crippen LogP contribution is -2.38. The van der Waals surface area contributed by atoms with Crippen LogP contribution in [0.25, 0.3) is 6.08 Å². The van der Waals surface area contributed by atoms with Crippen molar-refractivity contribution in [2.24, 2.45) is 0 Å². The Morgan fingerprint density at radius 3 is 2.65 bits per heavy atom. The molecule has 0 unspecified atom stereocenters. The molecule has 2 rings (SSSR count). The zero-order chi connectivity index (χ0) is 14.9. The van der Waals surface area contributed by atoms with Gasteiger partial charge in [0, 0.05) is 6.20 Å². The quantitative estimate of drug-likeness (QED) is 0.527. The summed E-state index contributed by atoms with van der Waals surface area (Å²) in [6.45, 7) is -0.499. The normalized spacial score (nSPS) is 30.2. The molecular weight excluding hydrogens is 336 g/mol. The third kappa shape index (κ3) is 2.63. The van der Waals surface area contributed by atoms with Gasteiger partial charge >= 0.3 is 5.69 Å². The van der Waals surface area contributed by atoms with Gasteiger partial charge in [0.2, 0.25) is 0 Å². The fourth-order valence-electron chi connectivity index (χ4n) is 1.99. The summed E-state index contributed by atoms with van der Waals surface area (Å²) < 4.78 is 6.20. The molecule has 9 heteroatoms. The minimum Gasteiger partial charge on any atom is -0.394 e. The van der Waals surface area contributed by atoms with E-state index in [-0.39, 0.29) is 5.56 Å². The number of nitrogens with one attached hydrogen (secondary N) is 1. The molecule has 4 N–H and O–H groups in total. The van der Waals surface area contributed by atoms with Crippen LogP contribution in [0.4, 0.5) is 0 Å². The third-order valence-electron chi connectivity index (χ3n) is 3.03. The van der Waals surface area contributed by atoms with E-state index in [0.717, 1.165) is 4.57 Å². The van der Waals surface area contributed by atoms with Crippen LogP contribution >= 0.6 is 15.9 Å². The second-order valence-electron chi connectivity index (χ2n) is 4.27. The first-order chi connectivity index (χ1) is 9.49.